The first-order chi connectivity index (χ1) is 22.5. The molecule has 10 nitrogen and oxygen atoms in total. The standard InChI is InChI=1S/C37H50O10/c38-29-21-1-18-2-22(29)11-35(8-18,10-21)32(42)44-16-27-28(17-45-33(43)36-9-19-3-23(12-36)30(39)24(4-19)13-36)47-37(46-27)25-5-20-6-26(37)15-34(7-20,14-25)31(40)41/h18-30,38-39H,1-17H2,(H,40,41)/p-1. The highest BCUT2D eigenvalue weighted by atomic mass is 16.8. The fraction of sp³-hybridized carbons (Fsp3) is 0.919. The third-order valence-electron chi connectivity index (χ3n) is 15.9. The van der Waals surface area contributed by atoms with Gasteiger partial charge in [0.15, 0.2) is 5.79 Å². The maximum Gasteiger partial charge on any atom is 0.312 e. The molecule has 12 saturated carbocycles. The number of aliphatic hydroxyl groups is 2. The van der Waals surface area contributed by atoms with Crippen LogP contribution < -0.4 is 5.11 Å². The Morgan fingerprint density at radius 1 is 0.574 bits per heavy atom. The van der Waals surface area contributed by atoms with Crippen LogP contribution in [-0.2, 0) is 33.3 Å². The molecule has 13 aliphatic rings. The number of aliphatic carboxylic acids is 1. The summed E-state index contributed by atoms with van der Waals surface area (Å²) in [4.78, 5) is 40.1. The highest BCUT2D eigenvalue weighted by Gasteiger charge is 2.69. The van der Waals surface area contributed by atoms with E-state index in [9.17, 15) is 29.7 Å². The van der Waals surface area contributed by atoms with Crippen molar-refractivity contribution in [1.82, 2.24) is 0 Å². The van der Waals surface area contributed by atoms with Crippen LogP contribution >= 0.6 is 0 Å². The minimum atomic E-state index is -0.986. The number of carboxylic acid groups (broad SMARTS) is 1. The van der Waals surface area contributed by atoms with Crippen molar-refractivity contribution >= 4 is 17.9 Å². The molecular formula is C37H49O10-. The Hall–Kier alpha value is -1.75. The second kappa shape index (κ2) is 9.94. The third kappa shape index (κ3) is 4.19. The number of carboxylic acids is 1. The molecule has 1 aliphatic heterocycles. The molecule has 47 heavy (non-hydrogen) atoms. The predicted molar refractivity (Wildman–Crippen MR) is 159 cm³/mol. The zero-order valence-corrected chi connectivity index (χ0v) is 27.2. The first-order valence-corrected chi connectivity index (χ1v) is 18.8. The molecule has 2 N–H and O–H groups in total. The molecule has 12 aliphatic carbocycles. The van der Waals surface area contributed by atoms with Gasteiger partial charge < -0.3 is 39.1 Å². The lowest BCUT2D eigenvalue weighted by Crippen LogP contribution is -2.65. The summed E-state index contributed by atoms with van der Waals surface area (Å²) in [5, 5.41) is 33.9. The van der Waals surface area contributed by atoms with Gasteiger partial charge in [0, 0.05) is 23.2 Å². The second-order valence-corrected chi connectivity index (χ2v) is 18.6. The zero-order chi connectivity index (χ0) is 32.1. The summed E-state index contributed by atoms with van der Waals surface area (Å²) >= 11 is 0. The fourth-order valence-electron chi connectivity index (χ4n) is 14.6. The van der Waals surface area contributed by atoms with Crippen molar-refractivity contribution in [3.63, 3.8) is 0 Å². The second-order valence-electron chi connectivity index (χ2n) is 18.6. The Morgan fingerprint density at radius 2 is 0.957 bits per heavy atom. The molecule has 1 saturated heterocycles. The molecule has 0 aromatic rings. The van der Waals surface area contributed by atoms with Crippen LogP contribution in [0.5, 0.6) is 0 Å². The smallest absolute Gasteiger partial charge is 0.312 e. The van der Waals surface area contributed by atoms with Gasteiger partial charge in [0.05, 0.1) is 23.0 Å². The Labute approximate surface area is 275 Å². The van der Waals surface area contributed by atoms with E-state index in [0.717, 1.165) is 51.4 Å². The van der Waals surface area contributed by atoms with Crippen LogP contribution in [0, 0.1) is 69.5 Å². The van der Waals surface area contributed by atoms with Crippen molar-refractivity contribution in [2.24, 2.45) is 69.5 Å². The lowest BCUT2D eigenvalue weighted by molar-refractivity contribution is -0.350. The van der Waals surface area contributed by atoms with E-state index in [1.807, 2.05) is 0 Å². The van der Waals surface area contributed by atoms with Crippen molar-refractivity contribution < 1.29 is 48.7 Å². The van der Waals surface area contributed by atoms with Crippen LogP contribution in [0.1, 0.15) is 96.3 Å². The number of esters is 2. The largest absolute Gasteiger partial charge is 0.550 e. The summed E-state index contributed by atoms with van der Waals surface area (Å²) in [5.41, 5.74) is -1.95. The molecule has 258 valence electrons. The van der Waals surface area contributed by atoms with Crippen molar-refractivity contribution in [3.8, 4) is 0 Å². The lowest BCUT2D eigenvalue weighted by atomic mass is 9.47. The Kier molecular flexibility index (Phi) is 6.37. The molecule has 0 amide bonds. The van der Waals surface area contributed by atoms with Gasteiger partial charge in [0.25, 0.3) is 0 Å². The van der Waals surface area contributed by atoms with E-state index >= 15 is 0 Å². The van der Waals surface area contributed by atoms with Gasteiger partial charge >= 0.3 is 11.9 Å². The molecule has 10 heteroatoms. The molecule has 1 spiro atoms. The van der Waals surface area contributed by atoms with E-state index in [0.29, 0.717) is 62.7 Å². The molecule has 13 fully saturated rings. The van der Waals surface area contributed by atoms with Crippen LogP contribution in [0.15, 0.2) is 0 Å². The number of hydrogen-bond acceptors (Lipinski definition) is 10. The van der Waals surface area contributed by atoms with Crippen molar-refractivity contribution in [2.75, 3.05) is 13.2 Å². The molecule has 8 unspecified atom stereocenters. The highest BCUT2D eigenvalue weighted by molar-refractivity contribution is 5.78. The van der Waals surface area contributed by atoms with Gasteiger partial charge in [0.2, 0.25) is 0 Å². The predicted octanol–water partition coefficient (Wildman–Crippen LogP) is 2.50. The van der Waals surface area contributed by atoms with E-state index in [-0.39, 0.29) is 72.9 Å². The molecule has 8 atom stereocenters. The number of ether oxygens (including phenoxy) is 4. The summed E-state index contributed by atoms with van der Waals surface area (Å²) in [7, 11) is 0. The van der Waals surface area contributed by atoms with E-state index in [1.165, 1.54) is 0 Å². The normalized spacial score (nSPS) is 57.2. The molecule has 13 rings (SSSR count). The topological polar surface area (TPSA) is 152 Å². The average molecular weight is 654 g/mol. The number of carbonyl (C=O) groups is 3. The molecule has 0 aromatic carbocycles. The summed E-state index contributed by atoms with van der Waals surface area (Å²) < 4.78 is 26.0. The van der Waals surface area contributed by atoms with Gasteiger partial charge in [0.1, 0.15) is 25.4 Å². The summed E-state index contributed by atoms with van der Waals surface area (Å²) in [6.07, 6.45) is 9.55. The van der Waals surface area contributed by atoms with Gasteiger partial charge in [-0.1, -0.05) is 0 Å². The number of hydrogen-bond donors (Lipinski definition) is 2. The fourth-order valence-corrected chi connectivity index (χ4v) is 14.6. The van der Waals surface area contributed by atoms with Crippen molar-refractivity contribution in [1.29, 1.82) is 0 Å². The molecular weight excluding hydrogens is 604 g/mol. The van der Waals surface area contributed by atoms with E-state index in [2.05, 4.69) is 0 Å². The Balaban J connectivity index is 0.882. The quantitative estimate of drug-likeness (QED) is 0.392. The monoisotopic (exact) mass is 653 g/mol. The van der Waals surface area contributed by atoms with Crippen LogP contribution in [0.4, 0.5) is 0 Å². The SMILES string of the molecule is O=C([O-])C12CC3CC(C1)C1(OC(COC(=O)C45CC6CC(C4)C(O)C(C6)C5)C(COC(=O)C45CC6CC(C4)C(O)C(C6)C5)O1)C(C3)C2. The molecule has 0 radical (unpaired) electrons. The zero-order valence-electron chi connectivity index (χ0n) is 27.2. The Morgan fingerprint density at radius 3 is 1.36 bits per heavy atom. The Bertz CT molecular complexity index is 1250. The molecule has 12 bridgehead atoms. The van der Waals surface area contributed by atoms with Gasteiger partial charge in [-0.3, -0.25) is 9.59 Å². The van der Waals surface area contributed by atoms with E-state index in [1.54, 1.807) is 0 Å². The van der Waals surface area contributed by atoms with Crippen LogP contribution in [0.3, 0.4) is 0 Å². The van der Waals surface area contributed by atoms with Crippen molar-refractivity contribution in [3.05, 3.63) is 0 Å². The molecule has 0 aromatic heterocycles. The van der Waals surface area contributed by atoms with Gasteiger partial charge in [-0.15, -0.1) is 0 Å². The number of carbonyl (C=O) groups excluding carboxylic acids is 3. The average Bonchev–Trinajstić information content (AvgIpc) is 3.40. The number of rotatable bonds is 7. The minimum Gasteiger partial charge on any atom is -0.550 e. The van der Waals surface area contributed by atoms with Crippen LogP contribution in [0.25, 0.3) is 0 Å². The lowest BCUT2D eigenvalue weighted by Gasteiger charge is -2.63. The maximum atomic E-state index is 13.9. The summed E-state index contributed by atoms with van der Waals surface area (Å²) in [6, 6.07) is 0. The number of aliphatic hydroxyl groups excluding tert-OH is 2. The first kappa shape index (κ1) is 30.1. The first-order valence-electron chi connectivity index (χ1n) is 18.8. The van der Waals surface area contributed by atoms with Gasteiger partial charge in [-0.25, -0.2) is 0 Å². The van der Waals surface area contributed by atoms with Gasteiger partial charge in [-0.2, -0.15) is 0 Å². The highest BCUT2D eigenvalue weighted by Crippen LogP contribution is 2.67. The van der Waals surface area contributed by atoms with Crippen LogP contribution in [-0.4, -0.2) is 71.5 Å². The summed E-state index contributed by atoms with van der Waals surface area (Å²) in [5.74, 6) is -0.755. The van der Waals surface area contributed by atoms with E-state index in [4.69, 9.17) is 18.9 Å². The third-order valence-corrected chi connectivity index (χ3v) is 15.9. The summed E-state index contributed by atoms with van der Waals surface area (Å²) in [6.45, 7) is -0.0175. The molecule has 1 heterocycles. The van der Waals surface area contributed by atoms with Crippen molar-refractivity contribution in [2.45, 2.75) is 127 Å². The van der Waals surface area contributed by atoms with E-state index < -0.39 is 40.2 Å². The van der Waals surface area contributed by atoms with Crippen LogP contribution in [0.2, 0.25) is 0 Å². The van der Waals surface area contributed by atoms with Gasteiger partial charge in [-0.05, 0) is 138 Å². The minimum absolute atomic E-state index is 0.00877. The maximum absolute atomic E-state index is 13.9.